The summed E-state index contributed by atoms with van der Waals surface area (Å²) in [6.07, 6.45) is 3.20. The van der Waals surface area contributed by atoms with Crippen molar-refractivity contribution in [3.05, 3.63) is 54.1 Å². The quantitative estimate of drug-likeness (QED) is 0.768. The van der Waals surface area contributed by atoms with Crippen molar-refractivity contribution < 1.29 is 14.3 Å². The Labute approximate surface area is 113 Å². The fourth-order valence-electron chi connectivity index (χ4n) is 2.26. The molecule has 0 fully saturated rings. The normalized spacial score (nSPS) is 10.8. The predicted octanol–water partition coefficient (Wildman–Crippen LogP) is 3.00. The molecule has 0 aliphatic heterocycles. The van der Waals surface area contributed by atoms with Crippen molar-refractivity contribution in [3.63, 3.8) is 0 Å². The van der Waals surface area contributed by atoms with Gasteiger partial charge in [0, 0.05) is 23.3 Å². The molecule has 5 heteroatoms. The van der Waals surface area contributed by atoms with Gasteiger partial charge in [0.25, 0.3) is 0 Å². The van der Waals surface area contributed by atoms with Gasteiger partial charge in [-0.1, -0.05) is 6.07 Å². The first kappa shape index (κ1) is 12.3. The van der Waals surface area contributed by atoms with E-state index in [4.69, 9.17) is 5.11 Å². The number of aliphatic carboxylic acids is 1. The van der Waals surface area contributed by atoms with Crippen molar-refractivity contribution in [1.82, 2.24) is 9.97 Å². The highest BCUT2D eigenvalue weighted by atomic mass is 19.1. The van der Waals surface area contributed by atoms with Gasteiger partial charge in [-0.25, -0.2) is 9.37 Å². The summed E-state index contributed by atoms with van der Waals surface area (Å²) < 4.78 is 14.0. The van der Waals surface area contributed by atoms with Crippen molar-refractivity contribution in [2.75, 3.05) is 0 Å². The molecule has 0 aliphatic rings. The minimum absolute atomic E-state index is 0.130. The summed E-state index contributed by atoms with van der Waals surface area (Å²) >= 11 is 0. The van der Waals surface area contributed by atoms with Crippen molar-refractivity contribution in [2.45, 2.75) is 6.42 Å². The van der Waals surface area contributed by atoms with Crippen LogP contribution in [0.1, 0.15) is 5.56 Å². The predicted molar refractivity (Wildman–Crippen MR) is 72.8 cm³/mol. The summed E-state index contributed by atoms with van der Waals surface area (Å²) in [6, 6.07) is 7.90. The zero-order valence-corrected chi connectivity index (χ0v) is 10.4. The fourth-order valence-corrected chi connectivity index (χ4v) is 2.26. The number of H-pyrrole nitrogens is 1. The van der Waals surface area contributed by atoms with Crippen LogP contribution in [-0.4, -0.2) is 21.0 Å². The van der Waals surface area contributed by atoms with E-state index < -0.39 is 5.97 Å². The molecule has 2 N–H and O–H groups in total. The second kappa shape index (κ2) is 4.77. The zero-order valence-electron chi connectivity index (χ0n) is 10.4. The number of carboxylic acids is 1. The van der Waals surface area contributed by atoms with Gasteiger partial charge in [-0.3, -0.25) is 4.79 Å². The number of benzene rings is 1. The van der Waals surface area contributed by atoms with E-state index in [2.05, 4.69) is 9.97 Å². The smallest absolute Gasteiger partial charge is 0.307 e. The van der Waals surface area contributed by atoms with Crippen LogP contribution < -0.4 is 0 Å². The molecule has 0 spiro atoms. The maximum Gasteiger partial charge on any atom is 0.307 e. The van der Waals surface area contributed by atoms with Crippen LogP contribution in [0.4, 0.5) is 4.39 Å². The zero-order chi connectivity index (χ0) is 14.1. The molecule has 0 bridgehead atoms. The SMILES string of the molecule is O=C(O)Cc1ccc(F)c(-c2ccnc3[nH]ccc23)c1. The Bertz CT molecular complexity index is 795. The van der Waals surface area contributed by atoms with Crippen LogP contribution in [-0.2, 0) is 11.2 Å². The number of nitrogens with zero attached hydrogens (tertiary/aromatic N) is 1. The molecule has 0 saturated heterocycles. The van der Waals surface area contributed by atoms with E-state index in [1.54, 1.807) is 24.5 Å². The number of carboxylic acid groups (broad SMARTS) is 1. The minimum Gasteiger partial charge on any atom is -0.481 e. The highest BCUT2D eigenvalue weighted by Gasteiger charge is 2.12. The van der Waals surface area contributed by atoms with E-state index in [1.807, 2.05) is 6.07 Å². The highest BCUT2D eigenvalue weighted by Crippen LogP contribution is 2.29. The summed E-state index contributed by atoms with van der Waals surface area (Å²) in [5, 5.41) is 9.63. The van der Waals surface area contributed by atoms with Gasteiger partial charge < -0.3 is 10.1 Å². The van der Waals surface area contributed by atoms with E-state index in [9.17, 15) is 9.18 Å². The number of pyridine rings is 1. The average molecular weight is 270 g/mol. The van der Waals surface area contributed by atoms with Crippen molar-refractivity contribution in [2.24, 2.45) is 0 Å². The molecule has 2 aromatic heterocycles. The molecule has 3 aromatic rings. The summed E-state index contributed by atoms with van der Waals surface area (Å²) in [5.41, 5.74) is 2.32. The van der Waals surface area contributed by atoms with E-state index in [0.29, 0.717) is 22.3 Å². The first-order valence-electron chi connectivity index (χ1n) is 6.08. The largest absolute Gasteiger partial charge is 0.481 e. The lowest BCUT2D eigenvalue weighted by Crippen LogP contribution is -2.00. The maximum absolute atomic E-state index is 14.0. The van der Waals surface area contributed by atoms with Crippen molar-refractivity contribution >= 4 is 17.0 Å². The van der Waals surface area contributed by atoms with Gasteiger partial charge >= 0.3 is 5.97 Å². The number of hydrogen-bond donors (Lipinski definition) is 2. The number of aromatic nitrogens is 2. The summed E-state index contributed by atoms with van der Waals surface area (Å²) in [5.74, 6) is -1.32. The number of halogens is 1. The van der Waals surface area contributed by atoms with Crippen LogP contribution in [0.2, 0.25) is 0 Å². The number of carbonyl (C=O) groups is 1. The molecule has 0 atom stereocenters. The van der Waals surface area contributed by atoms with Crippen molar-refractivity contribution in [1.29, 1.82) is 0 Å². The average Bonchev–Trinajstić information content (AvgIpc) is 2.88. The van der Waals surface area contributed by atoms with Crippen molar-refractivity contribution in [3.8, 4) is 11.1 Å². The maximum atomic E-state index is 14.0. The molecule has 4 nitrogen and oxygen atoms in total. The molecular formula is C15H11FN2O2. The minimum atomic E-state index is -0.941. The van der Waals surface area contributed by atoms with Gasteiger partial charge in [-0.15, -0.1) is 0 Å². The fraction of sp³-hybridized carbons (Fsp3) is 0.0667. The van der Waals surface area contributed by atoms with E-state index >= 15 is 0 Å². The first-order valence-corrected chi connectivity index (χ1v) is 6.08. The van der Waals surface area contributed by atoms with Crippen LogP contribution >= 0.6 is 0 Å². The lowest BCUT2D eigenvalue weighted by atomic mass is 10.00. The first-order chi connectivity index (χ1) is 9.65. The van der Waals surface area contributed by atoms with Crippen LogP contribution in [0.15, 0.2) is 42.7 Å². The topological polar surface area (TPSA) is 66.0 Å². The number of fused-ring (bicyclic) bond motifs is 1. The van der Waals surface area contributed by atoms with Crippen LogP contribution in [0.3, 0.4) is 0 Å². The van der Waals surface area contributed by atoms with E-state index in [-0.39, 0.29) is 12.2 Å². The van der Waals surface area contributed by atoms with Crippen LogP contribution in [0.5, 0.6) is 0 Å². The Morgan fingerprint density at radius 2 is 2.10 bits per heavy atom. The van der Waals surface area contributed by atoms with Gasteiger partial charge in [-0.05, 0) is 35.4 Å². The van der Waals surface area contributed by atoms with Gasteiger partial charge in [0.15, 0.2) is 0 Å². The summed E-state index contributed by atoms with van der Waals surface area (Å²) in [4.78, 5) is 17.9. The Hall–Kier alpha value is -2.69. The molecule has 0 unspecified atom stereocenters. The third kappa shape index (κ3) is 2.14. The lowest BCUT2D eigenvalue weighted by Gasteiger charge is -2.07. The molecule has 0 amide bonds. The number of nitrogens with one attached hydrogen (secondary N) is 1. The third-order valence-electron chi connectivity index (χ3n) is 3.14. The van der Waals surface area contributed by atoms with Gasteiger partial charge in [-0.2, -0.15) is 0 Å². The number of hydrogen-bond acceptors (Lipinski definition) is 2. The molecule has 0 aliphatic carbocycles. The van der Waals surface area contributed by atoms with Gasteiger partial charge in [0.1, 0.15) is 11.5 Å². The standard InChI is InChI=1S/C15H11FN2O2/c16-13-2-1-9(8-14(19)20)7-12(13)10-3-5-17-15-11(10)4-6-18-15/h1-7H,8H2,(H,17,18)(H,19,20). The lowest BCUT2D eigenvalue weighted by molar-refractivity contribution is -0.136. The Kier molecular flexibility index (Phi) is 2.95. The van der Waals surface area contributed by atoms with Crippen LogP contribution in [0, 0.1) is 5.82 Å². The van der Waals surface area contributed by atoms with E-state index in [0.717, 1.165) is 5.39 Å². The van der Waals surface area contributed by atoms with Gasteiger partial charge in [0.2, 0.25) is 0 Å². The summed E-state index contributed by atoms with van der Waals surface area (Å²) in [6.45, 7) is 0. The monoisotopic (exact) mass is 270 g/mol. The highest BCUT2D eigenvalue weighted by molar-refractivity contribution is 5.93. The Balaban J connectivity index is 2.18. The molecule has 1 aromatic carbocycles. The van der Waals surface area contributed by atoms with Gasteiger partial charge in [0.05, 0.1) is 6.42 Å². The third-order valence-corrected chi connectivity index (χ3v) is 3.14. The molecular weight excluding hydrogens is 259 g/mol. The number of rotatable bonds is 3. The Morgan fingerprint density at radius 3 is 2.90 bits per heavy atom. The summed E-state index contributed by atoms with van der Waals surface area (Å²) in [7, 11) is 0. The Morgan fingerprint density at radius 1 is 1.25 bits per heavy atom. The van der Waals surface area contributed by atoms with Crippen LogP contribution in [0.25, 0.3) is 22.2 Å². The number of aromatic amines is 1. The van der Waals surface area contributed by atoms with E-state index in [1.165, 1.54) is 12.1 Å². The molecule has 2 heterocycles. The molecule has 100 valence electrons. The molecule has 3 rings (SSSR count). The second-order valence-corrected chi connectivity index (χ2v) is 4.48. The second-order valence-electron chi connectivity index (χ2n) is 4.48. The molecule has 0 radical (unpaired) electrons. The molecule has 0 saturated carbocycles. The molecule has 20 heavy (non-hydrogen) atoms.